The second-order valence-corrected chi connectivity index (χ2v) is 5.71. The minimum absolute atomic E-state index is 0.0796. The molecular formula is C18H16N6O2. The predicted octanol–water partition coefficient (Wildman–Crippen LogP) is 2.95. The molecule has 5 N–H and O–H groups in total. The molecule has 4 rings (SSSR count). The molecule has 0 saturated carbocycles. The quantitative estimate of drug-likeness (QED) is 0.363. The van der Waals surface area contributed by atoms with Crippen molar-refractivity contribution in [1.82, 2.24) is 20.2 Å². The number of aromatic hydroxyl groups is 1. The molecule has 0 bridgehead atoms. The number of fused-ring (bicyclic) bond motifs is 1. The highest BCUT2D eigenvalue weighted by Crippen LogP contribution is 2.24. The largest absolute Gasteiger partial charge is 0.506 e. The summed E-state index contributed by atoms with van der Waals surface area (Å²) in [7, 11) is 1.67. The molecule has 26 heavy (non-hydrogen) atoms. The number of aromatic amines is 2. The maximum atomic E-state index is 12.4. The van der Waals surface area contributed by atoms with Gasteiger partial charge in [-0.25, -0.2) is 4.98 Å². The average molecular weight is 348 g/mol. The van der Waals surface area contributed by atoms with E-state index in [2.05, 4.69) is 30.8 Å². The van der Waals surface area contributed by atoms with Gasteiger partial charge in [-0.1, -0.05) is 12.1 Å². The highest BCUT2D eigenvalue weighted by molar-refractivity contribution is 6.04. The Morgan fingerprint density at radius 2 is 2.00 bits per heavy atom. The van der Waals surface area contributed by atoms with E-state index >= 15 is 0 Å². The van der Waals surface area contributed by atoms with Crippen molar-refractivity contribution in [2.24, 2.45) is 0 Å². The second-order valence-electron chi connectivity index (χ2n) is 5.71. The minimum Gasteiger partial charge on any atom is -0.506 e. The summed E-state index contributed by atoms with van der Waals surface area (Å²) in [6, 6.07) is 14.0. The van der Waals surface area contributed by atoms with Gasteiger partial charge in [0, 0.05) is 18.7 Å². The molecular weight excluding hydrogens is 332 g/mol. The fraction of sp³-hybridized carbons (Fsp3) is 0.0556. The molecule has 8 heteroatoms. The third-order valence-corrected chi connectivity index (χ3v) is 3.99. The van der Waals surface area contributed by atoms with E-state index in [1.165, 1.54) is 6.07 Å². The number of rotatable bonds is 4. The zero-order valence-electron chi connectivity index (χ0n) is 13.9. The smallest absolute Gasteiger partial charge is 0.256 e. The third-order valence-electron chi connectivity index (χ3n) is 3.99. The molecule has 0 saturated heterocycles. The fourth-order valence-electron chi connectivity index (χ4n) is 2.65. The Morgan fingerprint density at radius 1 is 1.15 bits per heavy atom. The lowest BCUT2D eigenvalue weighted by molar-refractivity contribution is 0.102. The Morgan fingerprint density at radius 3 is 2.81 bits per heavy atom. The molecule has 2 aromatic heterocycles. The summed E-state index contributed by atoms with van der Waals surface area (Å²) >= 11 is 0. The van der Waals surface area contributed by atoms with E-state index in [-0.39, 0.29) is 11.7 Å². The molecule has 8 nitrogen and oxygen atoms in total. The lowest BCUT2D eigenvalue weighted by Gasteiger charge is -2.06. The zero-order chi connectivity index (χ0) is 18.1. The second kappa shape index (κ2) is 6.25. The highest BCUT2D eigenvalue weighted by Gasteiger charge is 2.13. The van der Waals surface area contributed by atoms with Crippen LogP contribution in [0.15, 0.2) is 48.5 Å². The molecule has 0 unspecified atom stereocenters. The van der Waals surface area contributed by atoms with Crippen LogP contribution in [0.25, 0.3) is 22.6 Å². The summed E-state index contributed by atoms with van der Waals surface area (Å²) in [5.41, 5.74) is 3.32. The number of amides is 1. The SMILES string of the molecule is CNc1cc(C(=O)Nc2cc(-c3nc4ccccc4[nH]3)[nH]n2)ccc1O. The molecule has 0 aliphatic heterocycles. The molecule has 0 fully saturated rings. The summed E-state index contributed by atoms with van der Waals surface area (Å²) in [4.78, 5) is 20.1. The lowest BCUT2D eigenvalue weighted by atomic mass is 10.1. The first kappa shape index (κ1) is 15.7. The van der Waals surface area contributed by atoms with Gasteiger partial charge < -0.3 is 20.7 Å². The predicted molar refractivity (Wildman–Crippen MR) is 99.3 cm³/mol. The van der Waals surface area contributed by atoms with Crippen molar-refractivity contribution in [2.75, 3.05) is 17.7 Å². The summed E-state index contributed by atoms with van der Waals surface area (Å²) in [6.45, 7) is 0. The van der Waals surface area contributed by atoms with E-state index in [1.54, 1.807) is 25.2 Å². The van der Waals surface area contributed by atoms with E-state index in [4.69, 9.17) is 0 Å². The number of aromatic nitrogens is 4. The van der Waals surface area contributed by atoms with Gasteiger partial charge in [0.1, 0.15) is 11.4 Å². The molecule has 4 aromatic rings. The molecule has 130 valence electrons. The maximum Gasteiger partial charge on any atom is 0.256 e. The monoisotopic (exact) mass is 348 g/mol. The molecule has 1 amide bonds. The Balaban J connectivity index is 1.55. The number of phenols is 1. The number of imidazole rings is 1. The van der Waals surface area contributed by atoms with E-state index in [9.17, 15) is 9.90 Å². The van der Waals surface area contributed by atoms with Crippen molar-refractivity contribution in [2.45, 2.75) is 0 Å². The van der Waals surface area contributed by atoms with Crippen molar-refractivity contribution in [1.29, 1.82) is 0 Å². The molecule has 0 aliphatic rings. The Kier molecular flexibility index (Phi) is 3.77. The number of H-pyrrole nitrogens is 2. The van der Waals surface area contributed by atoms with Crippen LogP contribution in [0.3, 0.4) is 0 Å². The normalized spacial score (nSPS) is 10.8. The Bertz CT molecular complexity index is 1060. The lowest BCUT2D eigenvalue weighted by Crippen LogP contribution is -2.12. The van der Waals surface area contributed by atoms with E-state index < -0.39 is 0 Å². The summed E-state index contributed by atoms with van der Waals surface area (Å²) in [5, 5.41) is 22.2. The average Bonchev–Trinajstić information content (AvgIpc) is 3.28. The van der Waals surface area contributed by atoms with E-state index in [1.807, 2.05) is 24.3 Å². The number of phenolic OH excluding ortho intramolecular Hbond substituents is 1. The third kappa shape index (κ3) is 2.84. The summed E-state index contributed by atoms with van der Waals surface area (Å²) in [5.74, 6) is 0.769. The number of nitrogens with zero attached hydrogens (tertiary/aromatic N) is 2. The van der Waals surface area contributed by atoms with Crippen LogP contribution in [-0.2, 0) is 0 Å². The summed E-state index contributed by atoms with van der Waals surface area (Å²) < 4.78 is 0. The van der Waals surface area contributed by atoms with Crippen LogP contribution in [-0.4, -0.2) is 38.2 Å². The number of carbonyl (C=O) groups excluding carboxylic acids is 1. The maximum absolute atomic E-state index is 12.4. The van der Waals surface area contributed by atoms with Crippen molar-refractivity contribution < 1.29 is 9.90 Å². The molecule has 2 heterocycles. The van der Waals surface area contributed by atoms with Gasteiger partial charge in [-0.3, -0.25) is 9.89 Å². The molecule has 0 aliphatic carbocycles. The molecule has 0 atom stereocenters. The number of hydrogen-bond acceptors (Lipinski definition) is 5. The molecule has 0 radical (unpaired) electrons. The van der Waals surface area contributed by atoms with Crippen LogP contribution in [0.2, 0.25) is 0 Å². The van der Waals surface area contributed by atoms with Gasteiger partial charge in [0.05, 0.1) is 16.7 Å². The van der Waals surface area contributed by atoms with Crippen LogP contribution < -0.4 is 10.6 Å². The number of nitrogens with one attached hydrogen (secondary N) is 4. The number of para-hydroxylation sites is 2. The molecule has 2 aromatic carbocycles. The van der Waals surface area contributed by atoms with Crippen molar-refractivity contribution in [3.05, 3.63) is 54.1 Å². The minimum atomic E-state index is -0.329. The van der Waals surface area contributed by atoms with Crippen molar-refractivity contribution in [3.63, 3.8) is 0 Å². The van der Waals surface area contributed by atoms with Gasteiger partial charge in [0.2, 0.25) is 0 Å². The highest BCUT2D eigenvalue weighted by atomic mass is 16.3. The van der Waals surface area contributed by atoms with Gasteiger partial charge in [-0.05, 0) is 30.3 Å². The fourth-order valence-corrected chi connectivity index (χ4v) is 2.65. The van der Waals surface area contributed by atoms with Gasteiger partial charge in [-0.2, -0.15) is 5.10 Å². The van der Waals surface area contributed by atoms with Gasteiger partial charge in [0.25, 0.3) is 5.91 Å². The van der Waals surface area contributed by atoms with Crippen LogP contribution in [0.1, 0.15) is 10.4 Å². The molecule has 0 spiro atoms. The summed E-state index contributed by atoms with van der Waals surface area (Å²) in [6.07, 6.45) is 0. The van der Waals surface area contributed by atoms with Crippen LogP contribution in [0.5, 0.6) is 5.75 Å². The zero-order valence-corrected chi connectivity index (χ0v) is 13.9. The van der Waals surface area contributed by atoms with Crippen molar-refractivity contribution in [3.8, 4) is 17.3 Å². The first-order valence-corrected chi connectivity index (χ1v) is 7.96. The first-order valence-electron chi connectivity index (χ1n) is 7.96. The van der Waals surface area contributed by atoms with Gasteiger partial charge >= 0.3 is 0 Å². The Hall–Kier alpha value is -3.81. The van der Waals surface area contributed by atoms with Crippen LogP contribution in [0, 0.1) is 0 Å². The number of anilines is 2. The first-order chi connectivity index (χ1) is 12.6. The van der Waals surface area contributed by atoms with Gasteiger partial charge in [0.15, 0.2) is 11.6 Å². The van der Waals surface area contributed by atoms with Crippen LogP contribution >= 0.6 is 0 Å². The number of benzene rings is 2. The van der Waals surface area contributed by atoms with Crippen LogP contribution in [0.4, 0.5) is 11.5 Å². The Labute approximate surface area is 148 Å². The standard InChI is InChI=1S/C18H16N6O2/c1-19-13-8-10(6-7-15(13)25)18(26)22-16-9-14(23-24-16)17-20-11-4-2-3-5-12(11)21-17/h2-9,19,25H,1H3,(H,20,21)(H2,22,23,24,26). The topological polar surface area (TPSA) is 119 Å². The van der Waals surface area contributed by atoms with Gasteiger partial charge in [-0.15, -0.1) is 0 Å². The van der Waals surface area contributed by atoms with Crippen molar-refractivity contribution >= 4 is 28.4 Å². The van der Waals surface area contributed by atoms with E-state index in [0.29, 0.717) is 28.6 Å². The van der Waals surface area contributed by atoms with E-state index in [0.717, 1.165) is 11.0 Å². The number of hydrogen-bond donors (Lipinski definition) is 5. The number of carbonyl (C=O) groups is 1.